The normalized spacial score (nSPS) is 10.6. The molecule has 4 heteroatoms. The molecule has 21 heavy (non-hydrogen) atoms. The minimum atomic E-state index is -0.617. The molecular weight excluding hydrogens is 268 g/mol. The van der Waals surface area contributed by atoms with E-state index in [-0.39, 0.29) is 24.2 Å². The smallest absolute Gasteiger partial charge is 0.345 e. The van der Waals surface area contributed by atoms with Crippen molar-refractivity contribution in [1.29, 1.82) is 0 Å². The fourth-order valence-corrected chi connectivity index (χ4v) is 1.61. The number of carbonyl (C=O) groups excluding carboxylic acids is 2. The van der Waals surface area contributed by atoms with E-state index < -0.39 is 11.9 Å². The Morgan fingerprint density at radius 2 is 1.33 bits per heavy atom. The summed E-state index contributed by atoms with van der Waals surface area (Å²) in [6.45, 7) is 12.2. The van der Waals surface area contributed by atoms with Crippen molar-refractivity contribution in [3.05, 3.63) is 23.3 Å². The first-order valence-corrected chi connectivity index (χ1v) is 7.41. The predicted octanol–water partition coefficient (Wildman–Crippen LogP) is 3.81. The van der Waals surface area contributed by atoms with Crippen molar-refractivity contribution < 1.29 is 19.1 Å². The lowest BCUT2D eigenvalue weighted by Gasteiger charge is -2.21. The summed E-state index contributed by atoms with van der Waals surface area (Å²) in [4.78, 5) is 23.7. The second-order valence-electron chi connectivity index (χ2n) is 5.91. The van der Waals surface area contributed by atoms with Gasteiger partial charge in [-0.2, -0.15) is 0 Å². The van der Waals surface area contributed by atoms with Crippen molar-refractivity contribution in [3.63, 3.8) is 0 Å². The summed E-state index contributed by atoms with van der Waals surface area (Å²) in [6, 6.07) is 0. The van der Waals surface area contributed by atoms with Crippen LogP contribution in [0.1, 0.15) is 54.4 Å². The molecule has 0 amide bonds. The zero-order valence-electron chi connectivity index (χ0n) is 14.1. The van der Waals surface area contributed by atoms with E-state index in [2.05, 4.69) is 33.8 Å². The van der Waals surface area contributed by atoms with Crippen molar-refractivity contribution in [3.8, 4) is 0 Å². The molecule has 0 radical (unpaired) electrons. The molecule has 0 aliphatic rings. The van der Waals surface area contributed by atoms with Gasteiger partial charge < -0.3 is 9.47 Å². The molecule has 0 unspecified atom stereocenters. The SMILES string of the molecule is CCOC(=O)C(=CCC(C)(C)CC=C(C)C)C(=O)OCC. The monoisotopic (exact) mass is 296 g/mol. The third kappa shape index (κ3) is 8.33. The number of esters is 2. The first-order chi connectivity index (χ1) is 9.73. The molecule has 120 valence electrons. The van der Waals surface area contributed by atoms with Crippen LogP contribution in [0.3, 0.4) is 0 Å². The Kier molecular flexibility index (Phi) is 8.67. The number of hydrogen-bond donors (Lipinski definition) is 0. The van der Waals surface area contributed by atoms with Crippen LogP contribution in [0.5, 0.6) is 0 Å². The van der Waals surface area contributed by atoms with Crippen molar-refractivity contribution in [2.75, 3.05) is 13.2 Å². The van der Waals surface area contributed by atoms with Crippen molar-refractivity contribution >= 4 is 11.9 Å². The average Bonchev–Trinajstić information content (AvgIpc) is 2.37. The molecule has 0 atom stereocenters. The summed E-state index contributed by atoms with van der Waals surface area (Å²) in [5, 5.41) is 0. The van der Waals surface area contributed by atoms with Crippen LogP contribution >= 0.6 is 0 Å². The van der Waals surface area contributed by atoms with Crippen LogP contribution in [0.25, 0.3) is 0 Å². The molecule has 0 aromatic rings. The standard InChI is InChI=1S/C17H28O4/c1-7-20-15(18)14(16(19)21-8-2)10-12-17(5,6)11-9-13(3)4/h9-10H,7-8,11-12H2,1-6H3. The van der Waals surface area contributed by atoms with Gasteiger partial charge in [0.05, 0.1) is 13.2 Å². The molecule has 4 nitrogen and oxygen atoms in total. The van der Waals surface area contributed by atoms with Gasteiger partial charge >= 0.3 is 11.9 Å². The zero-order valence-corrected chi connectivity index (χ0v) is 14.1. The molecule has 0 aromatic carbocycles. The lowest BCUT2D eigenvalue weighted by molar-refractivity contribution is -0.146. The van der Waals surface area contributed by atoms with E-state index in [0.29, 0.717) is 6.42 Å². The fourth-order valence-electron chi connectivity index (χ4n) is 1.61. The van der Waals surface area contributed by atoms with E-state index in [0.717, 1.165) is 6.42 Å². The summed E-state index contributed by atoms with van der Waals surface area (Å²) in [6.07, 6.45) is 5.27. The van der Waals surface area contributed by atoms with Gasteiger partial charge in [-0.05, 0) is 46.0 Å². The zero-order chi connectivity index (χ0) is 16.5. The molecule has 0 rings (SSSR count). The second kappa shape index (κ2) is 9.37. The van der Waals surface area contributed by atoms with Crippen molar-refractivity contribution in [2.45, 2.75) is 54.4 Å². The maximum Gasteiger partial charge on any atom is 0.345 e. The molecule has 0 aliphatic carbocycles. The molecular formula is C17H28O4. The molecule has 0 fully saturated rings. The second-order valence-corrected chi connectivity index (χ2v) is 5.91. The largest absolute Gasteiger partial charge is 0.462 e. The van der Waals surface area contributed by atoms with Crippen LogP contribution < -0.4 is 0 Å². The molecule has 0 saturated heterocycles. The molecule has 0 aliphatic heterocycles. The maximum absolute atomic E-state index is 11.8. The van der Waals surface area contributed by atoms with Gasteiger partial charge in [-0.1, -0.05) is 31.6 Å². The van der Waals surface area contributed by atoms with Crippen LogP contribution in [0, 0.1) is 5.41 Å². The molecule has 0 spiro atoms. The highest BCUT2D eigenvalue weighted by Crippen LogP contribution is 2.27. The highest BCUT2D eigenvalue weighted by Gasteiger charge is 2.23. The topological polar surface area (TPSA) is 52.6 Å². The third-order valence-electron chi connectivity index (χ3n) is 2.91. The van der Waals surface area contributed by atoms with Gasteiger partial charge in [0.15, 0.2) is 0 Å². The first kappa shape index (κ1) is 19.4. The van der Waals surface area contributed by atoms with Gasteiger partial charge in [-0.3, -0.25) is 0 Å². The minimum absolute atomic E-state index is 0.0102. The van der Waals surface area contributed by atoms with E-state index in [1.54, 1.807) is 19.9 Å². The van der Waals surface area contributed by atoms with Crippen LogP contribution in [0.4, 0.5) is 0 Å². The van der Waals surface area contributed by atoms with E-state index in [4.69, 9.17) is 9.47 Å². The minimum Gasteiger partial charge on any atom is -0.462 e. The number of carbonyl (C=O) groups is 2. The summed E-state index contributed by atoms with van der Waals surface area (Å²) >= 11 is 0. The molecule has 0 bridgehead atoms. The fraction of sp³-hybridized carbons (Fsp3) is 0.647. The Hall–Kier alpha value is -1.58. The summed E-state index contributed by atoms with van der Waals surface area (Å²) < 4.78 is 9.83. The van der Waals surface area contributed by atoms with E-state index >= 15 is 0 Å². The van der Waals surface area contributed by atoms with E-state index in [1.807, 2.05) is 0 Å². The quantitative estimate of drug-likeness (QED) is 0.225. The number of hydrogen-bond acceptors (Lipinski definition) is 4. The first-order valence-electron chi connectivity index (χ1n) is 7.41. The summed E-state index contributed by atoms with van der Waals surface area (Å²) in [7, 11) is 0. The van der Waals surface area contributed by atoms with Gasteiger partial charge in [-0.15, -0.1) is 0 Å². The van der Waals surface area contributed by atoms with Crippen molar-refractivity contribution in [2.24, 2.45) is 5.41 Å². The number of ether oxygens (including phenoxy) is 2. The Bertz CT molecular complexity index is 393. The number of rotatable bonds is 8. The average molecular weight is 296 g/mol. The lowest BCUT2D eigenvalue weighted by Crippen LogP contribution is -2.19. The van der Waals surface area contributed by atoms with Crippen LogP contribution in [-0.4, -0.2) is 25.2 Å². The number of allylic oxidation sites excluding steroid dienone is 3. The lowest BCUT2D eigenvalue weighted by atomic mass is 9.84. The third-order valence-corrected chi connectivity index (χ3v) is 2.91. The van der Waals surface area contributed by atoms with Gasteiger partial charge in [0.1, 0.15) is 5.57 Å². The Morgan fingerprint density at radius 3 is 1.71 bits per heavy atom. The van der Waals surface area contributed by atoms with Crippen LogP contribution in [0.15, 0.2) is 23.3 Å². The van der Waals surface area contributed by atoms with Gasteiger partial charge in [0, 0.05) is 0 Å². The maximum atomic E-state index is 11.8. The predicted molar refractivity (Wildman–Crippen MR) is 83.8 cm³/mol. The Labute approximate surface area is 128 Å². The molecule has 0 aromatic heterocycles. The highest BCUT2D eigenvalue weighted by molar-refractivity contribution is 6.14. The summed E-state index contributed by atoms with van der Waals surface area (Å²) in [5.41, 5.74) is 1.20. The summed E-state index contributed by atoms with van der Waals surface area (Å²) in [5.74, 6) is -1.23. The van der Waals surface area contributed by atoms with Gasteiger partial charge in [0.2, 0.25) is 0 Å². The Balaban J connectivity index is 5.02. The van der Waals surface area contributed by atoms with Crippen molar-refractivity contribution in [1.82, 2.24) is 0 Å². The van der Waals surface area contributed by atoms with E-state index in [9.17, 15) is 9.59 Å². The molecule has 0 saturated carbocycles. The Morgan fingerprint density at radius 1 is 0.905 bits per heavy atom. The van der Waals surface area contributed by atoms with Gasteiger partial charge in [-0.25, -0.2) is 9.59 Å². The van der Waals surface area contributed by atoms with Gasteiger partial charge in [0.25, 0.3) is 0 Å². The molecule has 0 heterocycles. The molecule has 0 N–H and O–H groups in total. The van der Waals surface area contributed by atoms with Crippen LogP contribution in [0.2, 0.25) is 0 Å². The van der Waals surface area contributed by atoms with Crippen LogP contribution in [-0.2, 0) is 19.1 Å². The highest BCUT2D eigenvalue weighted by atomic mass is 16.6. The van der Waals surface area contributed by atoms with E-state index in [1.165, 1.54) is 5.57 Å².